The van der Waals surface area contributed by atoms with Crippen LogP contribution in [0.3, 0.4) is 0 Å². The Morgan fingerprint density at radius 3 is 2.61 bits per heavy atom. The normalized spacial score (nSPS) is 10.2. The number of carbonyl (C=O) groups is 1. The number of nitrogens with one attached hydrogen (secondary N) is 1. The number of amides is 2. The Hall–Kier alpha value is -2.63. The van der Waals surface area contributed by atoms with Crippen LogP contribution in [0.2, 0.25) is 0 Å². The standard InChI is InChI=1S/C17H20FN3O2/c1-21(12-8-14-6-9-19-10-7-14)17(22)20-11-13-23-16-4-2-15(18)3-5-16/h2-7,9-10H,8,11-13H2,1H3,(H,20,22). The van der Waals surface area contributed by atoms with Gasteiger partial charge in [0.2, 0.25) is 0 Å². The van der Waals surface area contributed by atoms with Crippen LogP contribution in [-0.2, 0) is 6.42 Å². The summed E-state index contributed by atoms with van der Waals surface area (Å²) in [6.45, 7) is 1.33. The van der Waals surface area contributed by atoms with E-state index < -0.39 is 0 Å². The molecule has 0 aliphatic heterocycles. The summed E-state index contributed by atoms with van der Waals surface area (Å²) in [6.07, 6.45) is 4.25. The van der Waals surface area contributed by atoms with Crippen LogP contribution in [0.4, 0.5) is 9.18 Å². The van der Waals surface area contributed by atoms with Gasteiger partial charge in [0.05, 0.1) is 6.54 Å². The third-order valence-corrected chi connectivity index (χ3v) is 3.29. The second-order valence-corrected chi connectivity index (χ2v) is 5.06. The zero-order valence-corrected chi connectivity index (χ0v) is 13.0. The van der Waals surface area contributed by atoms with E-state index in [0.717, 1.165) is 12.0 Å². The van der Waals surface area contributed by atoms with Gasteiger partial charge < -0.3 is 15.0 Å². The lowest BCUT2D eigenvalue weighted by Gasteiger charge is -2.18. The predicted molar refractivity (Wildman–Crippen MR) is 85.9 cm³/mol. The SMILES string of the molecule is CN(CCc1ccncc1)C(=O)NCCOc1ccc(F)cc1. The molecule has 122 valence electrons. The van der Waals surface area contributed by atoms with Gasteiger partial charge in [-0.15, -0.1) is 0 Å². The molecule has 0 saturated heterocycles. The molecule has 0 aliphatic carbocycles. The molecule has 2 amide bonds. The maximum Gasteiger partial charge on any atom is 0.317 e. The van der Waals surface area contributed by atoms with Gasteiger partial charge in [0.25, 0.3) is 0 Å². The van der Waals surface area contributed by atoms with E-state index in [2.05, 4.69) is 10.3 Å². The highest BCUT2D eigenvalue weighted by Crippen LogP contribution is 2.10. The van der Waals surface area contributed by atoms with E-state index in [0.29, 0.717) is 25.4 Å². The van der Waals surface area contributed by atoms with Gasteiger partial charge in [-0.05, 0) is 48.4 Å². The number of nitrogens with zero attached hydrogens (tertiary/aromatic N) is 2. The van der Waals surface area contributed by atoms with Gasteiger partial charge in [-0.3, -0.25) is 4.98 Å². The first-order valence-corrected chi connectivity index (χ1v) is 7.41. The van der Waals surface area contributed by atoms with E-state index in [4.69, 9.17) is 4.74 Å². The van der Waals surface area contributed by atoms with Crippen molar-refractivity contribution in [3.05, 3.63) is 60.2 Å². The van der Waals surface area contributed by atoms with E-state index in [-0.39, 0.29) is 11.8 Å². The van der Waals surface area contributed by atoms with Crippen molar-refractivity contribution in [3.63, 3.8) is 0 Å². The molecular formula is C17H20FN3O2. The fourth-order valence-electron chi connectivity index (χ4n) is 1.94. The molecule has 5 nitrogen and oxygen atoms in total. The van der Waals surface area contributed by atoms with Crippen molar-refractivity contribution in [2.45, 2.75) is 6.42 Å². The van der Waals surface area contributed by atoms with Crippen molar-refractivity contribution < 1.29 is 13.9 Å². The van der Waals surface area contributed by atoms with Crippen molar-refractivity contribution in [2.75, 3.05) is 26.7 Å². The molecule has 23 heavy (non-hydrogen) atoms. The summed E-state index contributed by atoms with van der Waals surface area (Å²) in [5, 5.41) is 2.78. The summed E-state index contributed by atoms with van der Waals surface area (Å²) in [5.41, 5.74) is 1.14. The minimum atomic E-state index is -0.304. The molecule has 0 aliphatic rings. The number of rotatable bonds is 7. The fraction of sp³-hybridized carbons (Fsp3) is 0.294. The molecular weight excluding hydrogens is 297 g/mol. The van der Waals surface area contributed by atoms with Crippen molar-refractivity contribution in [3.8, 4) is 5.75 Å². The molecule has 1 aromatic carbocycles. The molecule has 0 bridgehead atoms. The van der Waals surface area contributed by atoms with Gasteiger partial charge >= 0.3 is 6.03 Å². The highest BCUT2D eigenvalue weighted by Gasteiger charge is 2.07. The van der Waals surface area contributed by atoms with Crippen molar-refractivity contribution >= 4 is 6.03 Å². The van der Waals surface area contributed by atoms with Crippen LogP contribution in [0, 0.1) is 5.82 Å². The number of hydrogen-bond acceptors (Lipinski definition) is 3. The summed E-state index contributed by atoms with van der Waals surface area (Å²) < 4.78 is 18.2. The largest absolute Gasteiger partial charge is 0.492 e. The van der Waals surface area contributed by atoms with Crippen molar-refractivity contribution in [2.24, 2.45) is 0 Å². The minimum absolute atomic E-state index is 0.151. The second-order valence-electron chi connectivity index (χ2n) is 5.06. The van der Waals surface area contributed by atoms with Crippen LogP contribution in [0.25, 0.3) is 0 Å². The highest BCUT2D eigenvalue weighted by molar-refractivity contribution is 5.73. The maximum absolute atomic E-state index is 12.7. The monoisotopic (exact) mass is 317 g/mol. The molecule has 1 heterocycles. The Bertz CT molecular complexity index is 605. The molecule has 6 heteroatoms. The third kappa shape index (κ3) is 5.94. The van der Waals surface area contributed by atoms with Gasteiger partial charge in [0.1, 0.15) is 18.2 Å². The molecule has 0 unspecified atom stereocenters. The smallest absolute Gasteiger partial charge is 0.317 e. The van der Waals surface area contributed by atoms with E-state index in [9.17, 15) is 9.18 Å². The predicted octanol–water partition coefficient (Wildman–Crippen LogP) is 2.48. The molecule has 0 radical (unpaired) electrons. The number of urea groups is 1. The van der Waals surface area contributed by atoms with Crippen molar-refractivity contribution in [1.29, 1.82) is 0 Å². The molecule has 1 aromatic heterocycles. The minimum Gasteiger partial charge on any atom is -0.492 e. The Morgan fingerprint density at radius 2 is 1.91 bits per heavy atom. The number of ether oxygens (including phenoxy) is 1. The number of halogens is 1. The van der Waals surface area contributed by atoms with Crippen LogP contribution in [0.1, 0.15) is 5.56 Å². The number of likely N-dealkylation sites (N-methyl/N-ethyl adjacent to an activating group) is 1. The summed E-state index contributed by atoms with van der Waals surface area (Å²) >= 11 is 0. The number of pyridine rings is 1. The fourth-order valence-corrected chi connectivity index (χ4v) is 1.94. The zero-order valence-electron chi connectivity index (χ0n) is 13.0. The summed E-state index contributed by atoms with van der Waals surface area (Å²) in [7, 11) is 1.75. The van der Waals surface area contributed by atoms with Gasteiger partial charge in [0.15, 0.2) is 0 Å². The molecule has 0 fully saturated rings. The Kier molecular flexibility index (Phi) is 6.35. The quantitative estimate of drug-likeness (QED) is 0.798. The van der Waals surface area contributed by atoms with Gasteiger partial charge in [-0.25, -0.2) is 9.18 Å². The summed E-state index contributed by atoms with van der Waals surface area (Å²) in [5.74, 6) is 0.271. The molecule has 1 N–H and O–H groups in total. The number of aromatic nitrogens is 1. The third-order valence-electron chi connectivity index (χ3n) is 3.29. The summed E-state index contributed by atoms with van der Waals surface area (Å²) in [4.78, 5) is 17.5. The molecule has 2 rings (SSSR count). The zero-order chi connectivity index (χ0) is 16.5. The first-order chi connectivity index (χ1) is 11.1. The highest BCUT2D eigenvalue weighted by atomic mass is 19.1. The van der Waals surface area contributed by atoms with Crippen LogP contribution >= 0.6 is 0 Å². The van der Waals surface area contributed by atoms with E-state index in [1.165, 1.54) is 12.1 Å². The average Bonchev–Trinajstić information content (AvgIpc) is 2.59. The second kappa shape index (κ2) is 8.73. The number of hydrogen-bond donors (Lipinski definition) is 1. The van der Waals surface area contributed by atoms with E-state index in [1.54, 1.807) is 36.5 Å². The van der Waals surface area contributed by atoms with Gasteiger partial charge in [-0.1, -0.05) is 0 Å². The topological polar surface area (TPSA) is 54.5 Å². The van der Waals surface area contributed by atoms with Crippen molar-refractivity contribution in [1.82, 2.24) is 15.2 Å². The van der Waals surface area contributed by atoms with Crippen LogP contribution in [0.15, 0.2) is 48.8 Å². The summed E-state index contributed by atoms with van der Waals surface area (Å²) in [6, 6.07) is 9.49. The first kappa shape index (κ1) is 16.7. The van der Waals surface area contributed by atoms with Crippen LogP contribution in [-0.4, -0.2) is 42.7 Å². The number of benzene rings is 1. The van der Waals surface area contributed by atoms with E-state index >= 15 is 0 Å². The van der Waals surface area contributed by atoms with Gasteiger partial charge in [-0.2, -0.15) is 0 Å². The molecule has 0 saturated carbocycles. The lowest BCUT2D eigenvalue weighted by molar-refractivity contribution is 0.206. The lowest BCUT2D eigenvalue weighted by atomic mass is 10.2. The molecule has 0 spiro atoms. The van der Waals surface area contributed by atoms with E-state index in [1.807, 2.05) is 12.1 Å². The van der Waals surface area contributed by atoms with Crippen LogP contribution < -0.4 is 10.1 Å². The Labute approximate surface area is 135 Å². The first-order valence-electron chi connectivity index (χ1n) is 7.41. The van der Waals surface area contributed by atoms with Gasteiger partial charge in [0, 0.05) is 26.0 Å². The maximum atomic E-state index is 12.7. The molecule has 2 aromatic rings. The Balaban J connectivity index is 1.63. The lowest BCUT2D eigenvalue weighted by Crippen LogP contribution is -2.40. The molecule has 0 atom stereocenters. The average molecular weight is 317 g/mol. The number of carbonyl (C=O) groups excluding carboxylic acids is 1. The van der Waals surface area contributed by atoms with Crippen LogP contribution in [0.5, 0.6) is 5.75 Å². The Morgan fingerprint density at radius 1 is 1.22 bits per heavy atom.